The first-order valence-electron chi connectivity index (χ1n) is 24.4. The van der Waals surface area contributed by atoms with Crippen LogP contribution in [0, 0.1) is 0 Å². The molecule has 330 valence electrons. The van der Waals surface area contributed by atoms with E-state index in [9.17, 15) is 0 Å². The van der Waals surface area contributed by atoms with Gasteiger partial charge in [-0.05, 0) is 126 Å². The van der Waals surface area contributed by atoms with Crippen LogP contribution < -0.4 is 9.13 Å². The summed E-state index contributed by atoms with van der Waals surface area (Å²) in [5.41, 5.74) is 19.8. The van der Waals surface area contributed by atoms with Crippen LogP contribution in [0.2, 0.25) is 0 Å². The lowest BCUT2D eigenvalue weighted by atomic mass is 9.85. The molecule has 2 heteroatoms. The Kier molecular flexibility index (Phi) is 13.9. The van der Waals surface area contributed by atoms with Gasteiger partial charge in [0.1, 0.15) is 13.1 Å². The highest BCUT2D eigenvalue weighted by molar-refractivity contribution is 5.99. The number of rotatable bonds is 17. The van der Waals surface area contributed by atoms with E-state index >= 15 is 0 Å². The maximum absolute atomic E-state index is 2.37. The van der Waals surface area contributed by atoms with Gasteiger partial charge in [0.15, 0.2) is 24.8 Å². The normalized spacial score (nSPS) is 11.1. The van der Waals surface area contributed by atoms with E-state index in [-0.39, 0.29) is 0 Å². The molecule has 0 aliphatic carbocycles. The van der Waals surface area contributed by atoms with E-state index in [1.807, 2.05) is 0 Å². The largest absolute Gasteiger partial charge is 0.205 e. The molecule has 2 heterocycles. The van der Waals surface area contributed by atoms with Gasteiger partial charge in [-0.15, -0.1) is 0 Å². The molecule has 2 aromatic heterocycles. The number of hydrogen-bond acceptors (Lipinski definition) is 0. The molecule has 0 radical (unpaired) electrons. The number of pyridine rings is 2. The summed E-state index contributed by atoms with van der Waals surface area (Å²) in [7, 11) is 0. The van der Waals surface area contributed by atoms with Crippen LogP contribution in [0.3, 0.4) is 0 Å². The maximum atomic E-state index is 2.37. The second-order valence-corrected chi connectivity index (χ2v) is 17.9. The molecule has 68 heavy (non-hydrogen) atoms. The van der Waals surface area contributed by atoms with Crippen LogP contribution >= 0.6 is 0 Å². The lowest BCUT2D eigenvalue weighted by Crippen LogP contribution is -2.32. The van der Waals surface area contributed by atoms with Crippen LogP contribution in [0.25, 0.3) is 89.0 Å². The van der Waals surface area contributed by atoms with Gasteiger partial charge in [0.25, 0.3) is 0 Å². The van der Waals surface area contributed by atoms with Crippen molar-refractivity contribution in [3.63, 3.8) is 0 Å². The zero-order valence-electron chi connectivity index (χ0n) is 38.8. The highest BCUT2D eigenvalue weighted by Crippen LogP contribution is 2.45. The van der Waals surface area contributed by atoms with E-state index in [1.54, 1.807) is 0 Å². The third-order valence-corrected chi connectivity index (χ3v) is 13.3. The molecule has 0 aliphatic heterocycles. The fourth-order valence-corrected chi connectivity index (χ4v) is 9.72. The van der Waals surface area contributed by atoms with Gasteiger partial charge in [0, 0.05) is 37.1 Å². The first-order valence-corrected chi connectivity index (χ1v) is 24.4. The second kappa shape index (κ2) is 21.6. The molecule has 0 saturated carbocycles. The predicted molar refractivity (Wildman–Crippen MR) is 284 cm³/mol. The van der Waals surface area contributed by atoms with E-state index < -0.39 is 0 Å². The number of benzene rings is 8. The smallest absolute Gasteiger partial charge is 0.169 e. The topological polar surface area (TPSA) is 7.76 Å². The van der Waals surface area contributed by atoms with Crippen LogP contribution in [0.4, 0.5) is 0 Å². The fourth-order valence-electron chi connectivity index (χ4n) is 9.72. The van der Waals surface area contributed by atoms with Crippen molar-refractivity contribution < 1.29 is 9.13 Å². The van der Waals surface area contributed by atoms with Crippen molar-refractivity contribution in [2.75, 3.05) is 0 Å². The molecule has 0 atom stereocenters. The Labute approximate surface area is 403 Å². The van der Waals surface area contributed by atoms with Gasteiger partial charge < -0.3 is 0 Å². The molecular weight excluding hydrogens is 821 g/mol. The van der Waals surface area contributed by atoms with Crippen LogP contribution in [-0.2, 0) is 13.1 Å². The van der Waals surface area contributed by atoms with E-state index in [4.69, 9.17) is 0 Å². The third kappa shape index (κ3) is 10.4. The van der Waals surface area contributed by atoms with Crippen molar-refractivity contribution in [2.24, 2.45) is 0 Å². The minimum absolute atomic E-state index is 1.03. The molecule has 0 saturated heterocycles. The molecule has 2 nitrogen and oxygen atoms in total. The number of aryl methyl sites for hydroxylation is 2. The highest BCUT2D eigenvalue weighted by atomic mass is 14.9. The summed E-state index contributed by atoms with van der Waals surface area (Å²) in [4.78, 5) is 0. The Morgan fingerprint density at radius 2 is 0.441 bits per heavy atom. The van der Waals surface area contributed by atoms with Crippen molar-refractivity contribution in [1.29, 1.82) is 0 Å². The van der Waals surface area contributed by atoms with Gasteiger partial charge in [-0.2, -0.15) is 0 Å². The maximum Gasteiger partial charge on any atom is 0.169 e. The minimum atomic E-state index is 1.03. The molecule has 0 fully saturated rings. The number of unbranched alkanes of at least 4 members (excludes halogenated alkanes) is 5. The van der Waals surface area contributed by atoms with Crippen molar-refractivity contribution in [1.82, 2.24) is 0 Å². The summed E-state index contributed by atoms with van der Waals surface area (Å²) in [5, 5.41) is 0. The van der Waals surface area contributed by atoms with Gasteiger partial charge >= 0.3 is 0 Å². The number of hydrogen-bond donors (Lipinski definition) is 0. The second-order valence-electron chi connectivity index (χ2n) is 17.9. The van der Waals surface area contributed by atoms with E-state index in [0.717, 1.165) is 13.1 Å². The highest BCUT2D eigenvalue weighted by Gasteiger charge is 2.20. The van der Waals surface area contributed by atoms with Gasteiger partial charge in [-0.3, -0.25) is 0 Å². The summed E-state index contributed by atoms with van der Waals surface area (Å²) in [5.74, 6) is 0. The zero-order valence-corrected chi connectivity index (χ0v) is 38.8. The Hall–Kier alpha value is -7.94. The van der Waals surface area contributed by atoms with Gasteiger partial charge in [-0.25, -0.2) is 9.13 Å². The molecule has 8 aromatic carbocycles. The fraction of sp³-hybridized carbons (Fsp3) is 0.121. The zero-order chi connectivity index (χ0) is 45.7. The van der Waals surface area contributed by atoms with Gasteiger partial charge in [0.2, 0.25) is 0 Å². The summed E-state index contributed by atoms with van der Waals surface area (Å²) in [6.07, 6.45) is 16.5. The van der Waals surface area contributed by atoms with Crippen LogP contribution in [0.5, 0.6) is 0 Å². The van der Waals surface area contributed by atoms with E-state index in [1.165, 1.54) is 128 Å². The van der Waals surface area contributed by atoms with Gasteiger partial charge in [-0.1, -0.05) is 195 Å². The Bertz CT molecular complexity index is 2810. The molecule has 0 bridgehead atoms. The molecule has 10 aromatic rings. The molecule has 0 unspecified atom stereocenters. The molecular formula is C66H58N2+2. The Morgan fingerprint density at radius 3 is 0.706 bits per heavy atom. The first kappa shape index (κ1) is 43.9. The predicted octanol–water partition coefficient (Wildman–Crippen LogP) is 16.6. The summed E-state index contributed by atoms with van der Waals surface area (Å²) in [6, 6.07) is 83.6. The quantitative estimate of drug-likeness (QED) is 0.0636. The molecule has 10 rings (SSSR count). The summed E-state index contributed by atoms with van der Waals surface area (Å²) in [6.45, 7) is 2.05. The van der Waals surface area contributed by atoms with E-state index in [2.05, 4.69) is 264 Å². The number of aromatic nitrogens is 2. The first-order chi connectivity index (χ1) is 33.7. The van der Waals surface area contributed by atoms with Crippen LogP contribution in [0.1, 0.15) is 38.5 Å². The average molecular weight is 879 g/mol. The van der Waals surface area contributed by atoms with E-state index in [0.29, 0.717) is 0 Å². The molecule has 0 aliphatic rings. The van der Waals surface area contributed by atoms with Crippen molar-refractivity contribution >= 4 is 0 Å². The SMILES string of the molecule is c1ccc(-c2cc(-c3ccccc3)c(-c3cc[n+](CCCCCCCC[n+]4ccc(-c5c(-c6ccccc6)cc(-c6ccccc6)cc5-c5ccccc5)cc4)cc3)c(-c3ccccc3)c2)cc1. The average Bonchev–Trinajstić information content (AvgIpc) is 3.42. The van der Waals surface area contributed by atoms with Crippen LogP contribution in [-0.4, -0.2) is 0 Å². The lowest BCUT2D eigenvalue weighted by molar-refractivity contribution is -0.697. The lowest BCUT2D eigenvalue weighted by Gasteiger charge is -2.19. The summed E-state index contributed by atoms with van der Waals surface area (Å²) >= 11 is 0. The van der Waals surface area contributed by atoms with Crippen molar-refractivity contribution in [3.05, 3.63) is 255 Å². The Morgan fingerprint density at radius 1 is 0.206 bits per heavy atom. The molecule has 0 amide bonds. The standard InChI is InChI=1S/C66H58N2/c1(3-23-41-67-43-37-57(38-44-67)65-61(53-29-15-7-16-30-53)47-59(51-25-11-5-12-26-51)48-62(65)54-31-17-8-18-32-54)2-4-24-42-68-45-39-58(40-46-68)66-63(55-33-19-9-20-34-55)49-60(52-27-13-6-14-28-52)50-64(66)56-35-21-10-22-36-56/h5-22,25-40,43-50H,1-4,23-24,41-42H2/q+2. The summed E-state index contributed by atoms with van der Waals surface area (Å²) < 4.78 is 4.71. The number of nitrogens with zero attached hydrogens (tertiary/aromatic N) is 2. The molecule has 0 spiro atoms. The Balaban J connectivity index is 0.774. The monoisotopic (exact) mass is 878 g/mol. The molecule has 0 N–H and O–H groups in total. The van der Waals surface area contributed by atoms with Crippen LogP contribution in [0.15, 0.2) is 255 Å². The minimum Gasteiger partial charge on any atom is -0.205 e. The van der Waals surface area contributed by atoms with Crippen molar-refractivity contribution in [2.45, 2.75) is 51.6 Å². The van der Waals surface area contributed by atoms with Crippen molar-refractivity contribution in [3.8, 4) is 89.0 Å². The third-order valence-electron chi connectivity index (χ3n) is 13.3. The van der Waals surface area contributed by atoms with Gasteiger partial charge in [0.05, 0.1) is 0 Å².